The van der Waals surface area contributed by atoms with Gasteiger partial charge in [0.25, 0.3) is 11.8 Å². The van der Waals surface area contributed by atoms with Crippen LogP contribution < -0.4 is 15.4 Å². The molecule has 0 aliphatic carbocycles. The second-order valence-electron chi connectivity index (χ2n) is 7.98. The summed E-state index contributed by atoms with van der Waals surface area (Å²) in [4.78, 5) is 25.1. The van der Waals surface area contributed by atoms with Gasteiger partial charge in [0.2, 0.25) is 11.8 Å². The van der Waals surface area contributed by atoms with Gasteiger partial charge in [0.1, 0.15) is 11.8 Å². The second-order valence-corrected chi connectivity index (χ2v) is 8.42. The summed E-state index contributed by atoms with van der Waals surface area (Å²) < 4.78 is 16.4. The van der Waals surface area contributed by atoms with Crippen molar-refractivity contribution in [3.8, 4) is 17.2 Å². The Hall–Kier alpha value is -4.11. The van der Waals surface area contributed by atoms with Crippen LogP contribution in [0.5, 0.6) is 5.75 Å². The summed E-state index contributed by atoms with van der Waals surface area (Å²) in [7, 11) is 0. The fourth-order valence-corrected chi connectivity index (χ4v) is 3.30. The molecule has 4 rings (SSSR count). The van der Waals surface area contributed by atoms with E-state index in [-0.39, 0.29) is 24.2 Å². The minimum Gasteiger partial charge on any atom is -0.484 e. The number of furan rings is 1. The molecule has 35 heavy (non-hydrogen) atoms. The summed E-state index contributed by atoms with van der Waals surface area (Å²) in [5.74, 6) is 0.467. The van der Waals surface area contributed by atoms with Gasteiger partial charge in [0.15, 0.2) is 12.4 Å². The van der Waals surface area contributed by atoms with E-state index >= 15 is 0 Å². The second kappa shape index (κ2) is 10.9. The Morgan fingerprint density at radius 3 is 2.43 bits per heavy atom. The minimum atomic E-state index is -0.740. The smallest absolute Gasteiger partial charge is 0.287 e. The van der Waals surface area contributed by atoms with Gasteiger partial charge in [-0.15, -0.1) is 10.2 Å². The van der Waals surface area contributed by atoms with Crippen molar-refractivity contribution in [2.75, 3.05) is 5.32 Å². The normalized spacial score (nSPS) is 11.8. The van der Waals surface area contributed by atoms with Crippen LogP contribution in [0.3, 0.4) is 0 Å². The summed E-state index contributed by atoms with van der Waals surface area (Å²) in [6, 6.07) is 16.3. The molecule has 0 fully saturated rings. The predicted octanol–water partition coefficient (Wildman–Crippen LogP) is 4.96. The number of ether oxygens (including phenoxy) is 1. The predicted molar refractivity (Wildman–Crippen MR) is 129 cm³/mol. The molecule has 1 atom stereocenters. The molecule has 2 amide bonds. The van der Waals surface area contributed by atoms with Gasteiger partial charge in [-0.05, 0) is 66.6 Å². The number of aromatic nitrogens is 2. The van der Waals surface area contributed by atoms with Crippen molar-refractivity contribution in [1.29, 1.82) is 0 Å². The van der Waals surface area contributed by atoms with Crippen molar-refractivity contribution in [1.82, 2.24) is 15.5 Å². The molecule has 2 heterocycles. The molecule has 0 bridgehead atoms. The van der Waals surface area contributed by atoms with Crippen molar-refractivity contribution in [2.24, 2.45) is 5.92 Å². The third-order valence-corrected chi connectivity index (χ3v) is 5.27. The Bertz CT molecular complexity index is 1270. The van der Waals surface area contributed by atoms with Crippen LogP contribution in [-0.4, -0.2) is 28.1 Å². The highest BCUT2D eigenvalue weighted by molar-refractivity contribution is 6.30. The van der Waals surface area contributed by atoms with Crippen molar-refractivity contribution in [3.63, 3.8) is 0 Å². The fourth-order valence-electron chi connectivity index (χ4n) is 3.18. The molecule has 0 aliphatic rings. The Labute approximate surface area is 206 Å². The number of nitrogens with one attached hydrogen (secondary N) is 2. The molecular formula is C25H23ClN4O5. The van der Waals surface area contributed by atoms with Gasteiger partial charge in [0, 0.05) is 16.3 Å². The maximum absolute atomic E-state index is 12.8. The molecule has 2 aromatic carbocycles. The quantitative estimate of drug-likeness (QED) is 0.337. The molecule has 0 spiro atoms. The minimum absolute atomic E-state index is 0.0839. The first kappa shape index (κ1) is 24.0. The highest BCUT2D eigenvalue weighted by Crippen LogP contribution is 2.22. The molecule has 9 nitrogen and oxygen atoms in total. The van der Waals surface area contributed by atoms with Crippen molar-refractivity contribution in [3.05, 3.63) is 83.6 Å². The number of carbonyl (C=O) groups excluding carboxylic acids is 2. The van der Waals surface area contributed by atoms with Crippen LogP contribution in [0.25, 0.3) is 11.5 Å². The van der Waals surface area contributed by atoms with Crippen molar-refractivity contribution < 1.29 is 23.2 Å². The van der Waals surface area contributed by atoms with Crippen LogP contribution in [-0.2, 0) is 11.4 Å². The highest BCUT2D eigenvalue weighted by atomic mass is 35.5. The average molecular weight is 495 g/mol. The van der Waals surface area contributed by atoms with E-state index in [0.29, 0.717) is 28.2 Å². The number of halogens is 1. The zero-order chi connectivity index (χ0) is 24.8. The monoisotopic (exact) mass is 494 g/mol. The Morgan fingerprint density at radius 1 is 1.03 bits per heavy atom. The van der Waals surface area contributed by atoms with Crippen LogP contribution >= 0.6 is 11.6 Å². The summed E-state index contributed by atoms with van der Waals surface area (Å²) in [5.41, 5.74) is 1.32. The van der Waals surface area contributed by atoms with Gasteiger partial charge >= 0.3 is 0 Å². The Balaban J connectivity index is 1.31. The van der Waals surface area contributed by atoms with Crippen molar-refractivity contribution >= 4 is 29.1 Å². The van der Waals surface area contributed by atoms with Crippen LogP contribution in [0.1, 0.15) is 30.3 Å². The van der Waals surface area contributed by atoms with Gasteiger partial charge in [0.05, 0.1) is 6.26 Å². The van der Waals surface area contributed by atoms with Crippen LogP contribution in [0.2, 0.25) is 5.02 Å². The fraction of sp³-hybridized carbons (Fsp3) is 0.200. The van der Waals surface area contributed by atoms with Gasteiger partial charge in [-0.25, -0.2) is 0 Å². The molecule has 2 aromatic heterocycles. The lowest BCUT2D eigenvalue weighted by molar-refractivity contribution is -0.118. The van der Waals surface area contributed by atoms with E-state index in [1.807, 2.05) is 13.8 Å². The SMILES string of the molecule is CC(C)C(NC(=O)c1ccco1)C(=O)Nc1ccc(OCc2nnc(-c3ccc(Cl)cc3)o2)cc1. The van der Waals surface area contributed by atoms with Crippen LogP contribution in [0.15, 0.2) is 75.8 Å². The van der Waals surface area contributed by atoms with E-state index in [9.17, 15) is 9.59 Å². The molecule has 4 aromatic rings. The zero-order valence-corrected chi connectivity index (χ0v) is 19.8. The molecular weight excluding hydrogens is 472 g/mol. The molecule has 0 saturated heterocycles. The first-order chi connectivity index (χ1) is 16.9. The number of benzene rings is 2. The van der Waals surface area contributed by atoms with Gasteiger partial charge < -0.3 is 24.2 Å². The number of rotatable bonds is 9. The van der Waals surface area contributed by atoms with Gasteiger partial charge in [-0.3, -0.25) is 9.59 Å². The number of nitrogens with zero attached hydrogens (tertiary/aromatic N) is 2. The van der Waals surface area contributed by atoms with Gasteiger partial charge in [-0.2, -0.15) is 0 Å². The summed E-state index contributed by atoms with van der Waals surface area (Å²) >= 11 is 5.90. The molecule has 0 radical (unpaired) electrons. The Kier molecular flexibility index (Phi) is 7.47. The van der Waals surface area contributed by atoms with Gasteiger partial charge in [-0.1, -0.05) is 25.4 Å². The lowest BCUT2D eigenvalue weighted by Crippen LogP contribution is -2.47. The van der Waals surface area contributed by atoms with E-state index in [1.54, 1.807) is 54.6 Å². The van der Waals surface area contributed by atoms with Crippen LogP contribution in [0.4, 0.5) is 5.69 Å². The van der Waals surface area contributed by atoms with E-state index in [0.717, 1.165) is 5.56 Å². The first-order valence-corrected chi connectivity index (χ1v) is 11.2. The van der Waals surface area contributed by atoms with Crippen molar-refractivity contribution in [2.45, 2.75) is 26.5 Å². The first-order valence-electron chi connectivity index (χ1n) is 10.9. The molecule has 0 saturated carbocycles. The highest BCUT2D eigenvalue weighted by Gasteiger charge is 2.25. The summed E-state index contributed by atoms with van der Waals surface area (Å²) in [6.07, 6.45) is 1.40. The lowest BCUT2D eigenvalue weighted by Gasteiger charge is -2.21. The van der Waals surface area contributed by atoms with E-state index in [4.69, 9.17) is 25.2 Å². The number of hydrogen-bond acceptors (Lipinski definition) is 7. The maximum atomic E-state index is 12.8. The molecule has 0 aliphatic heterocycles. The number of amides is 2. The van der Waals surface area contributed by atoms with E-state index < -0.39 is 11.9 Å². The third kappa shape index (κ3) is 6.27. The molecule has 10 heteroatoms. The number of anilines is 1. The zero-order valence-electron chi connectivity index (χ0n) is 19.0. The summed E-state index contributed by atoms with van der Waals surface area (Å²) in [6.45, 7) is 3.78. The largest absolute Gasteiger partial charge is 0.484 e. The third-order valence-electron chi connectivity index (χ3n) is 5.02. The summed E-state index contributed by atoms with van der Waals surface area (Å²) in [5, 5.41) is 14.1. The van der Waals surface area contributed by atoms with Crippen LogP contribution in [0, 0.1) is 5.92 Å². The molecule has 180 valence electrons. The van der Waals surface area contributed by atoms with E-state index in [1.165, 1.54) is 12.3 Å². The van der Waals surface area contributed by atoms with E-state index in [2.05, 4.69) is 20.8 Å². The topological polar surface area (TPSA) is 119 Å². The number of carbonyl (C=O) groups is 2. The standard InChI is InChI=1S/C25H23ClN4O5/c1-15(2)22(28-23(31)20-4-3-13-33-20)24(32)27-18-9-11-19(12-10-18)34-14-21-29-30-25(35-21)16-5-7-17(26)8-6-16/h3-13,15,22H,14H2,1-2H3,(H,27,32)(H,28,31). The average Bonchev–Trinajstić information content (AvgIpc) is 3.55. The Morgan fingerprint density at radius 2 is 1.77 bits per heavy atom. The molecule has 1 unspecified atom stereocenters. The molecule has 2 N–H and O–H groups in total. The number of hydrogen-bond donors (Lipinski definition) is 2. The maximum Gasteiger partial charge on any atom is 0.287 e. The lowest BCUT2D eigenvalue weighted by atomic mass is 10.0.